The molecule has 222 valence electrons. The van der Waals surface area contributed by atoms with E-state index in [4.69, 9.17) is 0 Å². The zero-order valence-electron chi connectivity index (χ0n) is 25.9. The summed E-state index contributed by atoms with van der Waals surface area (Å²) < 4.78 is 2.45. The maximum atomic E-state index is 2.49. The summed E-state index contributed by atoms with van der Waals surface area (Å²) in [6.07, 6.45) is 7.31. The van der Waals surface area contributed by atoms with Crippen molar-refractivity contribution in [1.82, 2.24) is 4.57 Å². The van der Waals surface area contributed by atoms with Gasteiger partial charge in [0.15, 0.2) is 0 Å². The molecule has 2 unspecified atom stereocenters. The molecule has 4 fully saturated rings. The van der Waals surface area contributed by atoms with Crippen LogP contribution in [0.25, 0.3) is 38.3 Å². The highest BCUT2D eigenvalue weighted by molar-refractivity contribution is 6.24. The number of hydrogen-bond donors (Lipinski definition) is 0. The maximum absolute atomic E-state index is 2.49. The summed E-state index contributed by atoms with van der Waals surface area (Å²) in [6.45, 7) is 0. The highest BCUT2D eigenvalue weighted by atomic mass is 15.1. The van der Waals surface area contributed by atoms with Crippen LogP contribution in [0.3, 0.4) is 0 Å². The van der Waals surface area contributed by atoms with Gasteiger partial charge in [-0.25, -0.2) is 0 Å². The Labute approximate surface area is 269 Å². The number of hydrogen-bond acceptors (Lipinski definition) is 1. The van der Waals surface area contributed by atoms with E-state index in [9.17, 15) is 0 Å². The minimum atomic E-state index is 0.416. The van der Waals surface area contributed by atoms with Crippen LogP contribution >= 0.6 is 0 Å². The van der Waals surface area contributed by atoms with Crippen molar-refractivity contribution in [3.63, 3.8) is 0 Å². The van der Waals surface area contributed by atoms with Crippen LogP contribution in [0.2, 0.25) is 0 Å². The van der Waals surface area contributed by atoms with Gasteiger partial charge in [0.2, 0.25) is 0 Å². The molecule has 0 N–H and O–H groups in total. The quantitative estimate of drug-likeness (QED) is 0.193. The molecule has 2 heteroatoms. The Morgan fingerprint density at radius 1 is 0.543 bits per heavy atom. The first-order valence-corrected chi connectivity index (χ1v) is 17.2. The summed E-state index contributed by atoms with van der Waals surface area (Å²) in [5.41, 5.74) is 10.00. The van der Waals surface area contributed by atoms with Gasteiger partial charge in [-0.2, -0.15) is 0 Å². The van der Waals surface area contributed by atoms with Crippen LogP contribution in [-0.4, -0.2) is 4.57 Å². The Kier molecular flexibility index (Phi) is 4.92. The van der Waals surface area contributed by atoms with Gasteiger partial charge in [-0.15, -0.1) is 0 Å². The summed E-state index contributed by atoms with van der Waals surface area (Å²) in [5.74, 6) is 3.05. The number of fused-ring (bicyclic) bond motifs is 6. The van der Waals surface area contributed by atoms with Crippen LogP contribution in [0.5, 0.6) is 0 Å². The SMILES string of the molecule is c1ccc(N(c2ccc(C34CC5CC6CC(C3)C65C4)cc2)c2cc3c(c4ccccc24)c2ccccc2n3-c2ccccc2)cc1. The van der Waals surface area contributed by atoms with Crippen LogP contribution < -0.4 is 4.90 Å². The lowest BCUT2D eigenvalue weighted by Crippen LogP contribution is -2.59. The molecular formula is C44H36N2. The Hall–Kier alpha value is -4.82. The van der Waals surface area contributed by atoms with Crippen molar-refractivity contribution < 1.29 is 0 Å². The molecule has 46 heavy (non-hydrogen) atoms. The smallest absolute Gasteiger partial charge is 0.0568 e. The second-order valence-corrected chi connectivity index (χ2v) is 14.8. The van der Waals surface area contributed by atoms with Crippen LogP contribution in [0.4, 0.5) is 17.1 Å². The standard InChI is InChI=1S/C44H36N2/c1-3-11-33(12-4-1)45(35-21-19-29(20-22-35)43-26-31-23-30-24-32(27-43)44(30,31)28-43)40-25-41-42(37-16-8-7-15-36(37)40)38-17-9-10-18-39(38)46(41)34-13-5-2-6-14-34/h1-22,25,30-32H,23-24,26-28H2. The third-order valence-corrected chi connectivity index (χ3v) is 13.0. The van der Waals surface area contributed by atoms with Gasteiger partial charge >= 0.3 is 0 Å². The molecule has 4 saturated carbocycles. The molecular weight excluding hydrogens is 556 g/mol. The number of nitrogens with zero attached hydrogens (tertiary/aromatic N) is 2. The summed E-state index contributed by atoms with van der Waals surface area (Å²) in [7, 11) is 0. The summed E-state index contributed by atoms with van der Waals surface area (Å²) >= 11 is 0. The van der Waals surface area contributed by atoms with Crippen LogP contribution in [0.15, 0.2) is 140 Å². The lowest BCUT2D eigenvalue weighted by Gasteiger charge is -2.66. The van der Waals surface area contributed by atoms with E-state index in [2.05, 4.69) is 149 Å². The Bertz CT molecular complexity index is 2300. The Morgan fingerprint density at radius 3 is 1.85 bits per heavy atom. The summed E-state index contributed by atoms with van der Waals surface area (Å²) in [6, 6.07) is 51.9. The maximum Gasteiger partial charge on any atom is 0.0568 e. The minimum absolute atomic E-state index is 0.416. The van der Waals surface area contributed by atoms with Crippen molar-refractivity contribution in [2.45, 2.75) is 37.5 Å². The first-order valence-electron chi connectivity index (χ1n) is 17.2. The van der Waals surface area contributed by atoms with E-state index >= 15 is 0 Å². The predicted octanol–water partition coefficient (Wildman–Crippen LogP) is 11.5. The topological polar surface area (TPSA) is 8.17 Å². The van der Waals surface area contributed by atoms with Crippen molar-refractivity contribution in [1.29, 1.82) is 0 Å². The van der Waals surface area contributed by atoms with Crippen molar-refractivity contribution in [3.8, 4) is 5.69 Å². The first-order chi connectivity index (χ1) is 22.7. The third kappa shape index (κ3) is 3.13. The average Bonchev–Trinajstić information content (AvgIpc) is 3.72. The van der Waals surface area contributed by atoms with Gasteiger partial charge in [0.1, 0.15) is 0 Å². The predicted molar refractivity (Wildman–Crippen MR) is 191 cm³/mol. The van der Waals surface area contributed by atoms with Gasteiger partial charge in [-0.05, 0) is 120 Å². The minimum Gasteiger partial charge on any atom is -0.310 e. The van der Waals surface area contributed by atoms with E-state index in [0.717, 1.165) is 23.2 Å². The van der Waals surface area contributed by atoms with Crippen molar-refractivity contribution in [3.05, 3.63) is 145 Å². The van der Waals surface area contributed by atoms with E-state index in [-0.39, 0.29) is 0 Å². The zero-order chi connectivity index (χ0) is 30.0. The fraction of sp³-hybridized carbons (Fsp3) is 0.227. The molecule has 2 nitrogen and oxygen atoms in total. The molecule has 4 aliphatic carbocycles. The van der Waals surface area contributed by atoms with E-state index in [0.29, 0.717) is 5.41 Å². The van der Waals surface area contributed by atoms with E-state index in [1.54, 1.807) is 5.56 Å². The highest BCUT2D eigenvalue weighted by Crippen LogP contribution is 2.84. The third-order valence-electron chi connectivity index (χ3n) is 13.0. The monoisotopic (exact) mass is 592 g/mol. The fourth-order valence-electron chi connectivity index (χ4n) is 11.2. The molecule has 6 aromatic carbocycles. The van der Waals surface area contributed by atoms with Gasteiger partial charge < -0.3 is 9.47 Å². The Balaban J connectivity index is 1.14. The van der Waals surface area contributed by atoms with Crippen molar-refractivity contribution >= 4 is 49.6 Å². The number of aromatic nitrogens is 1. The highest BCUT2D eigenvalue weighted by Gasteiger charge is 2.77. The molecule has 2 bridgehead atoms. The lowest BCUT2D eigenvalue weighted by atomic mass is 9.38. The first kappa shape index (κ1) is 25.4. The van der Waals surface area contributed by atoms with Gasteiger partial charge in [0.25, 0.3) is 0 Å². The largest absolute Gasteiger partial charge is 0.310 e. The number of anilines is 3. The molecule has 7 aromatic rings. The molecule has 0 aliphatic heterocycles. The van der Waals surface area contributed by atoms with Crippen molar-refractivity contribution in [2.75, 3.05) is 4.90 Å². The molecule has 2 atom stereocenters. The summed E-state index contributed by atoms with van der Waals surface area (Å²) in [4.78, 5) is 2.49. The second kappa shape index (κ2) is 8.91. The van der Waals surface area contributed by atoms with Crippen LogP contribution in [0.1, 0.15) is 37.7 Å². The van der Waals surface area contributed by atoms with Gasteiger partial charge in [-0.3, -0.25) is 0 Å². The number of rotatable bonds is 5. The fourth-order valence-corrected chi connectivity index (χ4v) is 11.2. The normalized spacial score (nSPS) is 27.1. The Morgan fingerprint density at radius 2 is 1.15 bits per heavy atom. The number of para-hydroxylation sites is 3. The molecule has 4 aliphatic rings. The average molecular weight is 593 g/mol. The lowest BCUT2D eigenvalue weighted by molar-refractivity contribution is -0.175. The molecule has 0 radical (unpaired) electrons. The van der Waals surface area contributed by atoms with Gasteiger partial charge in [0, 0.05) is 33.2 Å². The van der Waals surface area contributed by atoms with Gasteiger partial charge in [-0.1, -0.05) is 91.0 Å². The molecule has 1 spiro atoms. The van der Waals surface area contributed by atoms with E-state index in [1.165, 1.54) is 87.4 Å². The van der Waals surface area contributed by atoms with Crippen LogP contribution in [-0.2, 0) is 5.41 Å². The van der Waals surface area contributed by atoms with Gasteiger partial charge in [0.05, 0.1) is 16.7 Å². The molecule has 11 rings (SSSR count). The molecule has 0 amide bonds. The zero-order valence-corrected chi connectivity index (χ0v) is 25.9. The van der Waals surface area contributed by atoms with E-state index in [1.807, 2.05) is 0 Å². The summed E-state index contributed by atoms with van der Waals surface area (Å²) in [5, 5.41) is 5.15. The molecule has 1 heterocycles. The van der Waals surface area contributed by atoms with E-state index < -0.39 is 0 Å². The second-order valence-electron chi connectivity index (χ2n) is 14.8. The number of benzene rings is 6. The molecule has 1 aromatic heterocycles. The van der Waals surface area contributed by atoms with Crippen molar-refractivity contribution in [2.24, 2.45) is 23.2 Å². The molecule has 0 saturated heterocycles. The van der Waals surface area contributed by atoms with Crippen LogP contribution in [0, 0.1) is 23.2 Å².